The van der Waals surface area contributed by atoms with E-state index in [1.807, 2.05) is 0 Å². The largest absolute Gasteiger partial charge is 0.354 e. The molecule has 138 valence electrons. The topological polar surface area (TPSA) is 108 Å². The lowest BCUT2D eigenvalue weighted by molar-refractivity contribution is -0.129. The summed E-state index contributed by atoms with van der Waals surface area (Å²) in [5.74, 6) is -1.08. The zero-order chi connectivity index (χ0) is 18.5. The van der Waals surface area contributed by atoms with Crippen LogP contribution in [0, 0.1) is 0 Å². The molecule has 1 aromatic carbocycles. The zero-order valence-electron chi connectivity index (χ0n) is 14.4. The number of rotatable bonds is 4. The molecule has 1 saturated heterocycles. The number of para-hydroxylation sites is 2. The van der Waals surface area contributed by atoms with Crippen molar-refractivity contribution in [1.82, 2.24) is 10.6 Å². The van der Waals surface area contributed by atoms with Crippen LogP contribution in [-0.4, -0.2) is 42.8 Å². The minimum atomic E-state index is -0.540. The first kappa shape index (κ1) is 17.9. The molecule has 1 unspecified atom stereocenters. The molecule has 8 heteroatoms. The van der Waals surface area contributed by atoms with Gasteiger partial charge in [-0.2, -0.15) is 0 Å². The Bertz CT molecular complexity index is 734. The molecule has 0 spiro atoms. The first-order valence-electron chi connectivity index (χ1n) is 8.81. The third kappa shape index (κ3) is 4.19. The van der Waals surface area contributed by atoms with Crippen LogP contribution in [0.3, 0.4) is 0 Å². The molecule has 2 heterocycles. The van der Waals surface area contributed by atoms with Gasteiger partial charge >= 0.3 is 0 Å². The molecule has 2 aliphatic rings. The molecular weight excluding hydrogens is 336 g/mol. The lowest BCUT2D eigenvalue weighted by Crippen LogP contribution is -2.46. The molecule has 0 aromatic heterocycles. The molecule has 1 fully saturated rings. The van der Waals surface area contributed by atoms with E-state index in [1.54, 1.807) is 24.3 Å². The van der Waals surface area contributed by atoms with E-state index in [2.05, 4.69) is 16.0 Å². The number of carbonyl (C=O) groups excluding carboxylic acids is 4. The maximum absolute atomic E-state index is 12.5. The van der Waals surface area contributed by atoms with E-state index in [4.69, 9.17) is 0 Å². The minimum absolute atomic E-state index is 0.0249. The Morgan fingerprint density at radius 3 is 2.81 bits per heavy atom. The highest BCUT2D eigenvalue weighted by Gasteiger charge is 2.27. The Morgan fingerprint density at radius 1 is 1.15 bits per heavy atom. The van der Waals surface area contributed by atoms with Gasteiger partial charge in [-0.05, 0) is 31.4 Å². The molecule has 4 amide bonds. The van der Waals surface area contributed by atoms with Crippen LogP contribution in [0.2, 0.25) is 0 Å². The van der Waals surface area contributed by atoms with Crippen LogP contribution in [0.15, 0.2) is 24.3 Å². The third-order valence-corrected chi connectivity index (χ3v) is 4.51. The van der Waals surface area contributed by atoms with Crippen molar-refractivity contribution in [1.29, 1.82) is 0 Å². The van der Waals surface area contributed by atoms with Crippen molar-refractivity contribution in [3.05, 3.63) is 24.3 Å². The summed E-state index contributed by atoms with van der Waals surface area (Å²) in [6.07, 6.45) is 2.31. The van der Waals surface area contributed by atoms with E-state index < -0.39 is 6.04 Å². The maximum atomic E-state index is 12.5. The summed E-state index contributed by atoms with van der Waals surface area (Å²) in [5.41, 5.74) is 1.21. The molecule has 0 radical (unpaired) electrons. The highest BCUT2D eigenvalue weighted by Crippen LogP contribution is 2.29. The van der Waals surface area contributed by atoms with E-state index >= 15 is 0 Å². The number of nitrogens with one attached hydrogen (secondary N) is 3. The number of carbonyl (C=O) groups is 4. The number of amides is 4. The van der Waals surface area contributed by atoms with Gasteiger partial charge in [0, 0.05) is 19.4 Å². The van der Waals surface area contributed by atoms with Gasteiger partial charge in [0.2, 0.25) is 23.6 Å². The van der Waals surface area contributed by atoms with Gasteiger partial charge in [0.25, 0.3) is 0 Å². The molecule has 8 nitrogen and oxygen atoms in total. The predicted octanol–water partition coefficient (Wildman–Crippen LogP) is 0.537. The summed E-state index contributed by atoms with van der Waals surface area (Å²) in [7, 11) is 0. The second-order valence-corrected chi connectivity index (χ2v) is 6.45. The van der Waals surface area contributed by atoms with Gasteiger partial charge in [0.15, 0.2) is 0 Å². The normalized spacial score (nSPS) is 19.7. The fourth-order valence-electron chi connectivity index (χ4n) is 3.15. The van der Waals surface area contributed by atoms with Crippen molar-refractivity contribution in [2.75, 3.05) is 23.3 Å². The molecule has 1 aromatic rings. The van der Waals surface area contributed by atoms with Crippen LogP contribution in [0.25, 0.3) is 0 Å². The average Bonchev–Trinajstić information content (AvgIpc) is 2.83. The number of hydrogen-bond acceptors (Lipinski definition) is 4. The third-order valence-electron chi connectivity index (χ3n) is 4.51. The van der Waals surface area contributed by atoms with Crippen molar-refractivity contribution in [3.8, 4) is 0 Å². The van der Waals surface area contributed by atoms with Crippen molar-refractivity contribution < 1.29 is 19.2 Å². The van der Waals surface area contributed by atoms with Gasteiger partial charge in [0.05, 0.1) is 11.4 Å². The summed E-state index contributed by atoms with van der Waals surface area (Å²) in [4.78, 5) is 49.7. The summed E-state index contributed by atoms with van der Waals surface area (Å²) in [5, 5.41) is 8.17. The quantitative estimate of drug-likeness (QED) is 0.730. The molecule has 3 N–H and O–H groups in total. The average molecular weight is 358 g/mol. The van der Waals surface area contributed by atoms with Gasteiger partial charge in [-0.3, -0.25) is 19.2 Å². The second-order valence-electron chi connectivity index (χ2n) is 6.45. The van der Waals surface area contributed by atoms with Gasteiger partial charge in [-0.1, -0.05) is 12.1 Å². The zero-order valence-corrected chi connectivity index (χ0v) is 14.4. The molecule has 0 bridgehead atoms. The minimum Gasteiger partial charge on any atom is -0.354 e. The Morgan fingerprint density at radius 2 is 1.96 bits per heavy atom. The van der Waals surface area contributed by atoms with Crippen LogP contribution in [0.4, 0.5) is 11.4 Å². The van der Waals surface area contributed by atoms with Gasteiger partial charge in [-0.25, -0.2) is 0 Å². The fourth-order valence-corrected chi connectivity index (χ4v) is 3.15. The number of nitrogens with zero attached hydrogens (tertiary/aromatic N) is 1. The summed E-state index contributed by atoms with van der Waals surface area (Å²) in [6, 6.07) is 6.50. The first-order chi connectivity index (χ1) is 12.5. The smallest absolute Gasteiger partial charge is 0.244 e. The van der Waals surface area contributed by atoms with Crippen LogP contribution in [0.1, 0.15) is 32.1 Å². The van der Waals surface area contributed by atoms with E-state index in [9.17, 15) is 19.2 Å². The van der Waals surface area contributed by atoms with E-state index in [-0.39, 0.29) is 43.0 Å². The predicted molar refractivity (Wildman–Crippen MR) is 95.5 cm³/mol. The van der Waals surface area contributed by atoms with Crippen molar-refractivity contribution >= 4 is 35.0 Å². The molecule has 26 heavy (non-hydrogen) atoms. The van der Waals surface area contributed by atoms with Gasteiger partial charge in [-0.15, -0.1) is 0 Å². The van der Waals surface area contributed by atoms with E-state index in [1.165, 1.54) is 4.90 Å². The van der Waals surface area contributed by atoms with Crippen molar-refractivity contribution in [3.63, 3.8) is 0 Å². The standard InChI is InChI=1S/C18H22N4O4/c23-15(21-13-6-3-4-10-19-18(13)26)8-9-17(25)22-11-16(24)20-12-5-1-2-7-14(12)22/h1-2,5,7,13H,3-4,6,8-11H2,(H,19,26)(H,20,24)(H,21,23). The molecule has 3 rings (SSSR count). The Kier molecular flexibility index (Phi) is 5.50. The highest BCUT2D eigenvalue weighted by atomic mass is 16.2. The van der Waals surface area contributed by atoms with Crippen molar-refractivity contribution in [2.24, 2.45) is 0 Å². The molecule has 0 aliphatic carbocycles. The van der Waals surface area contributed by atoms with Crippen LogP contribution in [0.5, 0.6) is 0 Å². The number of fused-ring (bicyclic) bond motifs is 1. The Hall–Kier alpha value is -2.90. The summed E-state index contributed by atoms with van der Waals surface area (Å²) >= 11 is 0. The number of anilines is 2. The van der Waals surface area contributed by atoms with Crippen LogP contribution >= 0.6 is 0 Å². The van der Waals surface area contributed by atoms with Gasteiger partial charge < -0.3 is 20.9 Å². The van der Waals surface area contributed by atoms with Gasteiger partial charge in [0.1, 0.15) is 12.6 Å². The Labute approximate surface area is 151 Å². The molecular formula is C18H22N4O4. The molecule has 0 saturated carbocycles. The number of hydrogen-bond donors (Lipinski definition) is 3. The lowest BCUT2D eigenvalue weighted by atomic mass is 10.1. The van der Waals surface area contributed by atoms with E-state index in [0.29, 0.717) is 24.3 Å². The summed E-state index contributed by atoms with van der Waals surface area (Å²) < 4.78 is 0. The first-order valence-corrected chi connectivity index (χ1v) is 8.81. The number of benzene rings is 1. The van der Waals surface area contributed by atoms with Crippen LogP contribution < -0.4 is 20.9 Å². The lowest BCUT2D eigenvalue weighted by Gasteiger charge is -2.29. The Balaban J connectivity index is 1.56. The highest BCUT2D eigenvalue weighted by molar-refractivity contribution is 6.10. The van der Waals surface area contributed by atoms with Crippen molar-refractivity contribution in [2.45, 2.75) is 38.1 Å². The van der Waals surface area contributed by atoms with Crippen LogP contribution in [-0.2, 0) is 19.2 Å². The summed E-state index contributed by atoms with van der Waals surface area (Å²) in [6.45, 7) is 0.558. The fraction of sp³-hybridized carbons (Fsp3) is 0.444. The second kappa shape index (κ2) is 7.99. The molecule has 2 aliphatic heterocycles. The SMILES string of the molecule is O=C1CN(C(=O)CCC(=O)NC2CCCCNC2=O)c2ccccc2N1. The monoisotopic (exact) mass is 358 g/mol. The molecule has 1 atom stereocenters. The van der Waals surface area contributed by atoms with E-state index in [0.717, 1.165) is 12.8 Å². The maximum Gasteiger partial charge on any atom is 0.244 e.